The van der Waals surface area contributed by atoms with Crippen LogP contribution in [-0.2, 0) is 4.74 Å². The number of nitrogens with one attached hydrogen (secondary N) is 1. The van der Waals surface area contributed by atoms with Crippen LogP contribution < -0.4 is 10.2 Å². The molecule has 1 saturated heterocycles. The lowest BCUT2D eigenvalue weighted by atomic mass is 10.1. The number of hydrogen-bond donors (Lipinski definition) is 1. The van der Waals surface area contributed by atoms with Crippen LogP contribution >= 0.6 is 0 Å². The molecule has 4 heterocycles. The molecular weight excluding hydrogens is 378 g/mol. The molecule has 2 aliphatic rings. The fraction of sp³-hybridized carbons (Fsp3) is 0.455. The number of benzene rings is 1. The molecule has 7 heteroatoms. The highest BCUT2D eigenvalue weighted by Gasteiger charge is 2.31. The molecule has 0 bridgehead atoms. The average Bonchev–Trinajstić information content (AvgIpc) is 3.16. The first-order valence-electron chi connectivity index (χ1n) is 10.3. The topological polar surface area (TPSA) is 55.2 Å². The van der Waals surface area contributed by atoms with Gasteiger partial charge in [0.1, 0.15) is 0 Å². The zero-order valence-electron chi connectivity index (χ0n) is 17.6. The summed E-state index contributed by atoms with van der Waals surface area (Å²) in [6.45, 7) is 12.6. The van der Waals surface area contributed by atoms with Crippen molar-refractivity contribution in [2.45, 2.75) is 38.4 Å². The molecule has 1 aromatic carbocycles. The predicted octanol–water partition coefficient (Wildman–Crippen LogP) is 4.00. The van der Waals surface area contributed by atoms with Gasteiger partial charge in [-0.15, -0.1) is 0 Å². The molecule has 1 atom stereocenters. The van der Waals surface area contributed by atoms with Crippen LogP contribution in [0, 0.1) is 0 Å². The summed E-state index contributed by atoms with van der Waals surface area (Å²) >= 11 is 0. The Hall–Kier alpha value is -2.38. The molecule has 1 radical (unpaired) electrons. The van der Waals surface area contributed by atoms with Crippen LogP contribution in [-0.4, -0.2) is 55.5 Å². The van der Waals surface area contributed by atoms with Gasteiger partial charge in [0.25, 0.3) is 0 Å². The molecule has 5 rings (SSSR count). The molecule has 0 amide bonds. The van der Waals surface area contributed by atoms with Gasteiger partial charge in [-0.05, 0) is 23.4 Å². The Morgan fingerprint density at radius 1 is 1.24 bits per heavy atom. The summed E-state index contributed by atoms with van der Waals surface area (Å²) in [4.78, 5) is 12.1. The van der Waals surface area contributed by atoms with Gasteiger partial charge in [-0.3, -0.25) is 0 Å². The molecule has 0 saturated carbocycles. The van der Waals surface area contributed by atoms with Gasteiger partial charge >= 0.3 is 0 Å². The van der Waals surface area contributed by atoms with Gasteiger partial charge in [0.05, 0.1) is 31.1 Å². The van der Waals surface area contributed by atoms with Crippen LogP contribution in [0.2, 0.25) is 11.6 Å². The number of fused-ring (bicyclic) bond motifs is 4. The Bertz CT molecular complexity index is 1060. The summed E-state index contributed by atoms with van der Waals surface area (Å²) in [7, 11) is -0.748. The van der Waals surface area contributed by atoms with E-state index in [4.69, 9.17) is 14.7 Å². The van der Waals surface area contributed by atoms with E-state index in [0.717, 1.165) is 49.2 Å². The standard InChI is InChI=1S/C22H28N5OSi/c1-22(2,3)29(4)27-9-8-16-17(6-5-7-19(16)27)20-24-13-18-21(25-20)26-10-11-28-14-15(26)12-23-18/h5-9,13,15,23H,10-12,14H2,1-4H3. The van der Waals surface area contributed by atoms with Crippen molar-refractivity contribution in [3.63, 3.8) is 0 Å². The summed E-state index contributed by atoms with van der Waals surface area (Å²) in [5, 5.41) is 4.98. The maximum absolute atomic E-state index is 5.65. The number of aromatic nitrogens is 3. The van der Waals surface area contributed by atoms with E-state index in [-0.39, 0.29) is 5.04 Å². The maximum atomic E-state index is 5.65. The average molecular weight is 407 g/mol. The molecule has 0 aliphatic carbocycles. The minimum absolute atomic E-state index is 0.284. The van der Waals surface area contributed by atoms with Crippen molar-refractivity contribution in [2.75, 3.05) is 36.5 Å². The van der Waals surface area contributed by atoms with Crippen molar-refractivity contribution in [3.05, 3.63) is 36.7 Å². The molecule has 1 fully saturated rings. The van der Waals surface area contributed by atoms with Crippen LogP contribution in [0.25, 0.3) is 22.3 Å². The second kappa shape index (κ2) is 6.85. The zero-order chi connectivity index (χ0) is 20.2. The summed E-state index contributed by atoms with van der Waals surface area (Å²) in [5.41, 5.74) is 3.39. The van der Waals surface area contributed by atoms with Crippen molar-refractivity contribution in [3.8, 4) is 11.4 Å². The fourth-order valence-electron chi connectivity index (χ4n) is 4.19. The third-order valence-corrected chi connectivity index (χ3v) is 9.50. The Balaban J connectivity index is 1.59. The lowest BCUT2D eigenvalue weighted by molar-refractivity contribution is 0.0959. The van der Waals surface area contributed by atoms with Gasteiger partial charge in [-0.25, -0.2) is 9.97 Å². The van der Waals surface area contributed by atoms with Crippen LogP contribution in [0.3, 0.4) is 0 Å². The predicted molar refractivity (Wildman–Crippen MR) is 120 cm³/mol. The maximum Gasteiger partial charge on any atom is 0.177 e. The van der Waals surface area contributed by atoms with E-state index in [0.29, 0.717) is 6.04 Å². The van der Waals surface area contributed by atoms with Gasteiger partial charge < -0.3 is 19.2 Å². The third-order valence-electron chi connectivity index (χ3n) is 6.22. The molecule has 1 unspecified atom stereocenters. The molecule has 151 valence electrons. The Morgan fingerprint density at radius 2 is 2.10 bits per heavy atom. The Morgan fingerprint density at radius 3 is 2.93 bits per heavy atom. The van der Waals surface area contributed by atoms with Crippen molar-refractivity contribution in [1.29, 1.82) is 0 Å². The molecule has 29 heavy (non-hydrogen) atoms. The van der Waals surface area contributed by atoms with Gasteiger partial charge in [-0.1, -0.05) is 39.5 Å². The van der Waals surface area contributed by atoms with Crippen molar-refractivity contribution in [2.24, 2.45) is 0 Å². The second-order valence-electron chi connectivity index (χ2n) is 8.99. The lowest BCUT2D eigenvalue weighted by Crippen LogP contribution is -2.52. The third kappa shape index (κ3) is 3.13. The van der Waals surface area contributed by atoms with E-state index in [1.165, 1.54) is 10.9 Å². The number of morpholine rings is 1. The van der Waals surface area contributed by atoms with Crippen LogP contribution in [0.15, 0.2) is 36.7 Å². The summed E-state index contributed by atoms with van der Waals surface area (Å²) < 4.78 is 8.13. The minimum Gasteiger partial charge on any atom is -0.379 e. The summed E-state index contributed by atoms with van der Waals surface area (Å²) in [5.74, 6) is 1.79. The van der Waals surface area contributed by atoms with Gasteiger partial charge in [0, 0.05) is 29.6 Å². The van der Waals surface area contributed by atoms with Crippen molar-refractivity contribution >= 4 is 31.4 Å². The lowest BCUT2D eigenvalue weighted by Gasteiger charge is -2.41. The molecule has 0 spiro atoms. The first-order valence-corrected chi connectivity index (χ1v) is 12.3. The second-order valence-corrected chi connectivity index (χ2v) is 12.1. The van der Waals surface area contributed by atoms with Crippen molar-refractivity contribution < 1.29 is 4.74 Å². The first-order chi connectivity index (χ1) is 13.9. The van der Waals surface area contributed by atoms with Crippen LogP contribution in [0.4, 0.5) is 11.5 Å². The van der Waals surface area contributed by atoms with Gasteiger partial charge in [-0.2, -0.15) is 0 Å². The number of hydrogen-bond acceptors (Lipinski definition) is 5. The van der Waals surface area contributed by atoms with E-state index < -0.39 is 8.96 Å². The highest BCUT2D eigenvalue weighted by molar-refractivity contribution is 6.60. The fourth-order valence-corrected chi connectivity index (χ4v) is 5.77. The van der Waals surface area contributed by atoms with Gasteiger partial charge in [0.2, 0.25) is 0 Å². The Kier molecular flexibility index (Phi) is 4.40. The number of ether oxygens (including phenoxy) is 1. The molecule has 2 aliphatic heterocycles. The monoisotopic (exact) mass is 406 g/mol. The summed E-state index contributed by atoms with van der Waals surface area (Å²) in [6.07, 6.45) is 4.18. The van der Waals surface area contributed by atoms with E-state index in [1.807, 2.05) is 6.20 Å². The highest BCUT2D eigenvalue weighted by atomic mass is 28.3. The Labute approximate surface area is 173 Å². The SMILES string of the molecule is C[Si](n1ccc2c(-c3ncc4c(n3)N3CCOCC3CN4)cccc21)C(C)(C)C. The molecule has 1 N–H and O–H groups in total. The van der Waals surface area contributed by atoms with Gasteiger partial charge in [0.15, 0.2) is 20.6 Å². The quantitative estimate of drug-likeness (QED) is 0.652. The zero-order valence-corrected chi connectivity index (χ0v) is 18.6. The van der Waals surface area contributed by atoms with E-state index in [1.54, 1.807) is 0 Å². The van der Waals surface area contributed by atoms with E-state index in [2.05, 4.69) is 72.2 Å². The smallest absolute Gasteiger partial charge is 0.177 e. The first kappa shape index (κ1) is 18.6. The number of nitrogens with zero attached hydrogens (tertiary/aromatic N) is 4. The molecule has 2 aromatic heterocycles. The molecular formula is C22H28N5OSi. The van der Waals surface area contributed by atoms with E-state index >= 15 is 0 Å². The van der Waals surface area contributed by atoms with Crippen LogP contribution in [0.5, 0.6) is 0 Å². The molecule has 3 aromatic rings. The highest BCUT2D eigenvalue weighted by Crippen LogP contribution is 2.36. The summed E-state index contributed by atoms with van der Waals surface area (Å²) in [6, 6.07) is 9.05. The number of anilines is 2. The largest absolute Gasteiger partial charge is 0.379 e. The van der Waals surface area contributed by atoms with E-state index in [9.17, 15) is 0 Å². The molecule has 6 nitrogen and oxygen atoms in total. The normalized spacial score (nSPS) is 19.2. The van der Waals surface area contributed by atoms with Crippen LogP contribution in [0.1, 0.15) is 20.8 Å². The number of rotatable bonds is 2. The minimum atomic E-state index is -0.748. The van der Waals surface area contributed by atoms with Crippen molar-refractivity contribution in [1.82, 2.24) is 14.2 Å².